The minimum atomic E-state index is 0.257. The molecule has 0 aliphatic rings. The van der Waals surface area contributed by atoms with E-state index in [-0.39, 0.29) is 6.04 Å². The fourth-order valence-electron chi connectivity index (χ4n) is 1.86. The zero-order valence-electron chi connectivity index (χ0n) is 10.1. The van der Waals surface area contributed by atoms with Crippen LogP contribution in [0.4, 0.5) is 0 Å². The Kier molecular flexibility index (Phi) is 3.12. The molecular formula is C12H17N3S. The number of aromatic nitrogens is 2. The lowest BCUT2D eigenvalue weighted by Crippen LogP contribution is -2.17. The first kappa shape index (κ1) is 11.4. The average molecular weight is 235 g/mol. The zero-order chi connectivity index (χ0) is 11.7. The van der Waals surface area contributed by atoms with Crippen molar-refractivity contribution in [1.82, 2.24) is 15.1 Å². The normalized spacial score (nSPS) is 13.0. The summed E-state index contributed by atoms with van der Waals surface area (Å²) in [5, 5.41) is 7.66. The standard InChI is InChI=1S/C12H17N3S/c1-8-5-6-11(16-8)12(13-3)10-7-14-15(4)9(10)2/h5-7,12-13H,1-4H3. The van der Waals surface area contributed by atoms with Crippen molar-refractivity contribution in [3.8, 4) is 0 Å². The maximum absolute atomic E-state index is 4.30. The van der Waals surface area contributed by atoms with Gasteiger partial charge in [-0.05, 0) is 33.0 Å². The van der Waals surface area contributed by atoms with E-state index in [1.807, 2.05) is 36.3 Å². The Hall–Kier alpha value is -1.13. The highest BCUT2D eigenvalue weighted by atomic mass is 32.1. The molecule has 2 heterocycles. The second kappa shape index (κ2) is 4.39. The van der Waals surface area contributed by atoms with Gasteiger partial charge in [-0.15, -0.1) is 11.3 Å². The van der Waals surface area contributed by atoms with Crippen molar-refractivity contribution in [2.75, 3.05) is 7.05 Å². The zero-order valence-corrected chi connectivity index (χ0v) is 10.9. The summed E-state index contributed by atoms with van der Waals surface area (Å²) < 4.78 is 1.92. The number of hydrogen-bond acceptors (Lipinski definition) is 3. The quantitative estimate of drug-likeness (QED) is 0.885. The molecule has 0 fully saturated rings. The van der Waals surface area contributed by atoms with E-state index >= 15 is 0 Å². The molecule has 0 radical (unpaired) electrons. The highest BCUT2D eigenvalue weighted by molar-refractivity contribution is 7.12. The predicted molar refractivity (Wildman–Crippen MR) is 67.9 cm³/mol. The van der Waals surface area contributed by atoms with Gasteiger partial charge < -0.3 is 5.32 Å². The van der Waals surface area contributed by atoms with Crippen molar-refractivity contribution in [1.29, 1.82) is 0 Å². The van der Waals surface area contributed by atoms with E-state index in [2.05, 4.69) is 36.4 Å². The van der Waals surface area contributed by atoms with E-state index in [9.17, 15) is 0 Å². The van der Waals surface area contributed by atoms with Crippen LogP contribution in [0.2, 0.25) is 0 Å². The lowest BCUT2D eigenvalue weighted by Gasteiger charge is -2.14. The largest absolute Gasteiger partial charge is 0.309 e. The van der Waals surface area contributed by atoms with Crippen LogP contribution in [-0.2, 0) is 7.05 Å². The number of hydrogen-bond donors (Lipinski definition) is 1. The van der Waals surface area contributed by atoms with E-state index in [4.69, 9.17) is 0 Å². The molecule has 0 aliphatic heterocycles. The number of nitrogens with one attached hydrogen (secondary N) is 1. The minimum Gasteiger partial charge on any atom is -0.309 e. The van der Waals surface area contributed by atoms with Crippen LogP contribution in [0.5, 0.6) is 0 Å². The van der Waals surface area contributed by atoms with E-state index in [0.717, 1.165) is 0 Å². The maximum atomic E-state index is 4.30. The Balaban J connectivity index is 2.40. The smallest absolute Gasteiger partial charge is 0.0702 e. The minimum absolute atomic E-state index is 0.257. The first-order valence-corrected chi connectivity index (χ1v) is 6.17. The van der Waals surface area contributed by atoms with Crippen molar-refractivity contribution in [3.05, 3.63) is 39.3 Å². The fraction of sp³-hybridized carbons (Fsp3) is 0.417. The van der Waals surface area contributed by atoms with Gasteiger partial charge in [0, 0.05) is 28.1 Å². The first-order chi connectivity index (χ1) is 7.63. The highest BCUT2D eigenvalue weighted by Gasteiger charge is 2.18. The summed E-state index contributed by atoms with van der Waals surface area (Å²) in [5.74, 6) is 0. The van der Waals surface area contributed by atoms with Crippen LogP contribution in [0, 0.1) is 13.8 Å². The molecule has 0 saturated carbocycles. The molecule has 0 saturated heterocycles. The molecule has 2 aromatic heterocycles. The Morgan fingerprint density at radius 1 is 1.38 bits per heavy atom. The van der Waals surface area contributed by atoms with Gasteiger partial charge in [0.05, 0.1) is 12.2 Å². The molecule has 0 amide bonds. The van der Waals surface area contributed by atoms with Gasteiger partial charge >= 0.3 is 0 Å². The average Bonchev–Trinajstić information content (AvgIpc) is 2.81. The number of rotatable bonds is 3. The first-order valence-electron chi connectivity index (χ1n) is 5.35. The van der Waals surface area contributed by atoms with E-state index in [0.29, 0.717) is 0 Å². The molecule has 16 heavy (non-hydrogen) atoms. The highest BCUT2D eigenvalue weighted by Crippen LogP contribution is 2.29. The second-order valence-electron chi connectivity index (χ2n) is 3.98. The summed E-state index contributed by atoms with van der Waals surface area (Å²) in [7, 11) is 3.97. The van der Waals surface area contributed by atoms with Gasteiger partial charge in [-0.2, -0.15) is 5.10 Å². The van der Waals surface area contributed by atoms with E-state index in [1.165, 1.54) is 21.0 Å². The van der Waals surface area contributed by atoms with Crippen molar-refractivity contribution in [2.24, 2.45) is 7.05 Å². The summed E-state index contributed by atoms with van der Waals surface area (Å²) in [4.78, 5) is 2.69. The second-order valence-corrected chi connectivity index (χ2v) is 5.30. The Labute approximate surface area is 100 Å². The van der Waals surface area contributed by atoms with Gasteiger partial charge in [0.2, 0.25) is 0 Å². The van der Waals surface area contributed by atoms with Crippen molar-refractivity contribution >= 4 is 11.3 Å². The Morgan fingerprint density at radius 3 is 2.56 bits per heavy atom. The third kappa shape index (κ3) is 1.90. The summed E-state index contributed by atoms with van der Waals surface area (Å²) in [6.45, 7) is 4.24. The third-order valence-corrected chi connectivity index (χ3v) is 3.98. The molecule has 1 N–H and O–H groups in total. The lowest BCUT2D eigenvalue weighted by atomic mass is 10.1. The molecule has 0 spiro atoms. The Bertz CT molecular complexity index is 484. The summed E-state index contributed by atoms with van der Waals surface area (Å²) in [6, 6.07) is 4.61. The molecule has 0 bridgehead atoms. The molecule has 86 valence electrons. The SMILES string of the molecule is CNC(c1ccc(C)s1)c1cnn(C)c1C. The van der Waals surface area contributed by atoms with Crippen LogP contribution in [0.1, 0.15) is 27.1 Å². The monoisotopic (exact) mass is 235 g/mol. The van der Waals surface area contributed by atoms with Crippen molar-refractivity contribution < 1.29 is 0 Å². The van der Waals surface area contributed by atoms with Crippen molar-refractivity contribution in [2.45, 2.75) is 19.9 Å². The number of nitrogens with zero attached hydrogens (tertiary/aromatic N) is 2. The third-order valence-electron chi connectivity index (χ3n) is 2.92. The molecule has 4 heteroatoms. The van der Waals surface area contributed by atoms with E-state index < -0.39 is 0 Å². The van der Waals surface area contributed by atoms with Crippen LogP contribution >= 0.6 is 11.3 Å². The van der Waals surface area contributed by atoms with Crippen LogP contribution < -0.4 is 5.32 Å². The van der Waals surface area contributed by atoms with Gasteiger partial charge in [-0.25, -0.2) is 0 Å². The number of thiophene rings is 1. The van der Waals surface area contributed by atoms with E-state index in [1.54, 1.807) is 0 Å². The van der Waals surface area contributed by atoms with Crippen LogP contribution in [0.15, 0.2) is 18.3 Å². The maximum Gasteiger partial charge on any atom is 0.0702 e. The molecule has 3 nitrogen and oxygen atoms in total. The van der Waals surface area contributed by atoms with Crippen LogP contribution in [0.3, 0.4) is 0 Å². The number of aryl methyl sites for hydroxylation is 2. The molecule has 1 atom stereocenters. The summed E-state index contributed by atoms with van der Waals surface area (Å²) in [5.41, 5.74) is 2.47. The van der Waals surface area contributed by atoms with Crippen LogP contribution in [-0.4, -0.2) is 16.8 Å². The molecule has 1 unspecified atom stereocenters. The van der Waals surface area contributed by atoms with Crippen molar-refractivity contribution in [3.63, 3.8) is 0 Å². The molecule has 0 aromatic carbocycles. The fourth-order valence-corrected chi connectivity index (χ4v) is 2.87. The molecule has 2 aromatic rings. The molecule has 2 rings (SSSR count). The summed E-state index contributed by atoms with van der Waals surface area (Å²) >= 11 is 1.83. The molecule has 0 aliphatic carbocycles. The van der Waals surface area contributed by atoms with Gasteiger partial charge in [0.15, 0.2) is 0 Å². The predicted octanol–water partition coefficient (Wildman–Crippen LogP) is 2.41. The van der Waals surface area contributed by atoms with Gasteiger partial charge in [-0.3, -0.25) is 4.68 Å². The lowest BCUT2D eigenvalue weighted by molar-refractivity contribution is 0.689. The van der Waals surface area contributed by atoms with Crippen LogP contribution in [0.25, 0.3) is 0 Å². The topological polar surface area (TPSA) is 29.9 Å². The van der Waals surface area contributed by atoms with Gasteiger partial charge in [0.25, 0.3) is 0 Å². The van der Waals surface area contributed by atoms with Gasteiger partial charge in [0.1, 0.15) is 0 Å². The summed E-state index contributed by atoms with van der Waals surface area (Å²) in [6.07, 6.45) is 1.95. The molecular weight excluding hydrogens is 218 g/mol. The Morgan fingerprint density at radius 2 is 2.12 bits per heavy atom. The van der Waals surface area contributed by atoms with Gasteiger partial charge in [-0.1, -0.05) is 0 Å².